The third-order valence-electron chi connectivity index (χ3n) is 5.30. The van der Waals surface area contributed by atoms with E-state index in [0.717, 1.165) is 29.5 Å². The van der Waals surface area contributed by atoms with Crippen LogP contribution in [0.15, 0.2) is 17.1 Å². The number of carbonyl (C=O) groups excluding carboxylic acids is 1. The molecule has 0 spiro atoms. The highest BCUT2D eigenvalue weighted by Crippen LogP contribution is 2.39. The zero-order valence-electron chi connectivity index (χ0n) is 20.3. The van der Waals surface area contributed by atoms with Crippen molar-refractivity contribution in [2.45, 2.75) is 97.6 Å². The number of carbonyl (C=O) groups is 1. The number of hydrogen-bond donors (Lipinski definition) is 1. The molecule has 1 amide bonds. The fraction of sp³-hybridized carbons (Fsp3) is 0.680. The largest absolute Gasteiger partial charge is 0.507 e. The van der Waals surface area contributed by atoms with Gasteiger partial charge in [0.15, 0.2) is 0 Å². The van der Waals surface area contributed by atoms with E-state index in [1.54, 1.807) is 4.90 Å². The van der Waals surface area contributed by atoms with E-state index in [0.29, 0.717) is 18.8 Å². The van der Waals surface area contributed by atoms with E-state index in [4.69, 9.17) is 9.73 Å². The van der Waals surface area contributed by atoms with Crippen LogP contribution in [0.3, 0.4) is 0 Å². The first-order valence-corrected chi connectivity index (χ1v) is 11.0. The van der Waals surface area contributed by atoms with Gasteiger partial charge < -0.3 is 14.7 Å². The van der Waals surface area contributed by atoms with E-state index >= 15 is 0 Å². The zero-order valence-corrected chi connectivity index (χ0v) is 20.3. The molecule has 30 heavy (non-hydrogen) atoms. The van der Waals surface area contributed by atoms with Crippen molar-refractivity contribution in [3.8, 4) is 5.75 Å². The number of aliphatic imine (C=N–C) groups is 1. The molecule has 1 N–H and O–H groups in total. The van der Waals surface area contributed by atoms with Crippen LogP contribution >= 0.6 is 0 Å². The van der Waals surface area contributed by atoms with Gasteiger partial charge in [-0.25, -0.2) is 4.79 Å². The second-order valence-corrected chi connectivity index (χ2v) is 11.4. The molecule has 5 heteroatoms. The van der Waals surface area contributed by atoms with Gasteiger partial charge in [-0.1, -0.05) is 41.5 Å². The molecule has 0 aliphatic carbocycles. The van der Waals surface area contributed by atoms with Gasteiger partial charge in [-0.2, -0.15) is 0 Å². The third kappa shape index (κ3) is 6.48. The van der Waals surface area contributed by atoms with Gasteiger partial charge in [-0.3, -0.25) is 4.99 Å². The molecule has 0 aromatic heterocycles. The monoisotopic (exact) mass is 416 g/mol. The van der Waals surface area contributed by atoms with Crippen molar-refractivity contribution in [2.75, 3.05) is 13.1 Å². The average molecular weight is 417 g/mol. The van der Waals surface area contributed by atoms with Crippen molar-refractivity contribution in [3.63, 3.8) is 0 Å². The predicted molar refractivity (Wildman–Crippen MR) is 124 cm³/mol. The van der Waals surface area contributed by atoms with Gasteiger partial charge in [-0.05, 0) is 62.1 Å². The minimum absolute atomic E-state index is 0.160. The molecular formula is C25H40N2O3. The molecule has 1 aromatic carbocycles. The molecule has 1 heterocycles. The minimum Gasteiger partial charge on any atom is -0.507 e. The predicted octanol–water partition coefficient (Wildman–Crippen LogP) is 5.81. The topological polar surface area (TPSA) is 62.1 Å². The van der Waals surface area contributed by atoms with Crippen molar-refractivity contribution in [3.05, 3.63) is 28.8 Å². The molecule has 0 atom stereocenters. The zero-order chi connectivity index (χ0) is 22.9. The number of amides is 1. The van der Waals surface area contributed by atoms with Crippen LogP contribution in [0.25, 0.3) is 0 Å². The maximum Gasteiger partial charge on any atom is 0.410 e. The molecule has 1 saturated heterocycles. The summed E-state index contributed by atoms with van der Waals surface area (Å²) in [4.78, 5) is 18.8. The van der Waals surface area contributed by atoms with E-state index < -0.39 is 5.60 Å². The maximum atomic E-state index is 12.2. The first kappa shape index (κ1) is 24.2. The Balaban J connectivity index is 2.14. The van der Waals surface area contributed by atoms with E-state index in [1.807, 2.05) is 39.1 Å². The molecule has 0 bridgehead atoms. The molecule has 1 aromatic rings. The Labute approximate surface area is 182 Å². The molecule has 0 radical (unpaired) electrons. The SMILES string of the molecule is CC(C)(C)OC(=O)N1CCC(N=Cc2cc(C(C)(C)C)c(O)c(C(C)(C)C)c2)CC1. The Morgan fingerprint density at radius 1 is 1.00 bits per heavy atom. The van der Waals surface area contributed by atoms with Gasteiger partial charge in [0.1, 0.15) is 11.4 Å². The second kappa shape index (κ2) is 8.60. The number of phenolic OH excluding ortho intramolecular Hbond substituents is 1. The number of ether oxygens (including phenoxy) is 1. The summed E-state index contributed by atoms with van der Waals surface area (Å²) in [6, 6.07) is 4.28. The van der Waals surface area contributed by atoms with Crippen molar-refractivity contribution in [2.24, 2.45) is 4.99 Å². The van der Waals surface area contributed by atoms with Crippen molar-refractivity contribution in [1.29, 1.82) is 0 Å². The van der Waals surface area contributed by atoms with Gasteiger partial charge in [-0.15, -0.1) is 0 Å². The van der Waals surface area contributed by atoms with Crippen LogP contribution in [0, 0.1) is 0 Å². The standard InChI is InChI=1S/C25H40N2O3/c1-23(2,3)19-14-17(15-20(21(19)28)24(4,5)6)16-26-18-10-12-27(13-11-18)22(29)30-25(7,8)9/h14-16,18,28H,10-13H2,1-9H3. The van der Waals surface area contributed by atoms with Crippen LogP contribution in [0.5, 0.6) is 5.75 Å². The fourth-order valence-electron chi connectivity index (χ4n) is 3.59. The Morgan fingerprint density at radius 3 is 1.87 bits per heavy atom. The number of hydrogen-bond acceptors (Lipinski definition) is 4. The van der Waals surface area contributed by atoms with Crippen LogP contribution in [0.4, 0.5) is 4.79 Å². The summed E-state index contributed by atoms with van der Waals surface area (Å²) in [5.74, 6) is 0.387. The third-order valence-corrected chi connectivity index (χ3v) is 5.30. The van der Waals surface area contributed by atoms with E-state index in [1.165, 1.54) is 0 Å². The summed E-state index contributed by atoms with van der Waals surface area (Å²) in [5, 5.41) is 10.9. The van der Waals surface area contributed by atoms with Crippen molar-refractivity contribution < 1.29 is 14.6 Å². The normalized spacial score (nSPS) is 16.9. The average Bonchev–Trinajstić information content (AvgIpc) is 2.57. The summed E-state index contributed by atoms with van der Waals surface area (Å²) in [6.45, 7) is 19.7. The summed E-state index contributed by atoms with van der Waals surface area (Å²) in [6.07, 6.45) is 3.34. The molecule has 1 aliphatic heterocycles. The number of piperidine rings is 1. The number of likely N-dealkylation sites (tertiary alicyclic amines) is 1. The van der Waals surface area contributed by atoms with Gasteiger partial charge in [0.05, 0.1) is 6.04 Å². The van der Waals surface area contributed by atoms with Gasteiger partial charge in [0.25, 0.3) is 0 Å². The Bertz CT molecular complexity index is 749. The molecule has 5 nitrogen and oxygen atoms in total. The molecule has 0 unspecified atom stereocenters. The Kier molecular flexibility index (Phi) is 6.95. The lowest BCUT2D eigenvalue weighted by molar-refractivity contribution is 0.0207. The van der Waals surface area contributed by atoms with Crippen molar-refractivity contribution in [1.82, 2.24) is 4.90 Å². The molecule has 2 rings (SSSR count). The second-order valence-electron chi connectivity index (χ2n) is 11.4. The molecular weight excluding hydrogens is 376 g/mol. The number of benzene rings is 1. The smallest absolute Gasteiger partial charge is 0.410 e. The highest BCUT2D eigenvalue weighted by atomic mass is 16.6. The van der Waals surface area contributed by atoms with Gasteiger partial charge in [0, 0.05) is 30.4 Å². The first-order valence-electron chi connectivity index (χ1n) is 11.0. The number of phenols is 1. The lowest BCUT2D eigenvalue weighted by Gasteiger charge is -2.32. The first-order chi connectivity index (χ1) is 13.6. The van der Waals surface area contributed by atoms with E-state index in [-0.39, 0.29) is 23.0 Å². The summed E-state index contributed by atoms with van der Waals surface area (Å²) >= 11 is 0. The number of nitrogens with zero attached hydrogens (tertiary/aromatic N) is 2. The van der Waals surface area contributed by atoms with Crippen LogP contribution in [0.2, 0.25) is 0 Å². The van der Waals surface area contributed by atoms with Gasteiger partial charge >= 0.3 is 6.09 Å². The molecule has 168 valence electrons. The van der Waals surface area contributed by atoms with E-state index in [2.05, 4.69) is 41.5 Å². The van der Waals surface area contributed by atoms with Crippen LogP contribution < -0.4 is 0 Å². The van der Waals surface area contributed by atoms with Crippen molar-refractivity contribution >= 4 is 12.3 Å². The lowest BCUT2D eigenvalue weighted by Crippen LogP contribution is -2.42. The molecule has 0 saturated carbocycles. The Morgan fingerprint density at radius 2 is 1.47 bits per heavy atom. The number of aromatic hydroxyl groups is 1. The molecule has 1 fully saturated rings. The van der Waals surface area contributed by atoms with Crippen LogP contribution in [0.1, 0.15) is 91.8 Å². The Hall–Kier alpha value is -2.04. The quantitative estimate of drug-likeness (QED) is 0.619. The highest BCUT2D eigenvalue weighted by molar-refractivity contribution is 5.81. The maximum absolute atomic E-state index is 12.2. The van der Waals surface area contributed by atoms with Crippen LogP contribution in [-0.4, -0.2) is 47.0 Å². The van der Waals surface area contributed by atoms with E-state index in [9.17, 15) is 9.90 Å². The minimum atomic E-state index is -0.472. The summed E-state index contributed by atoms with van der Waals surface area (Å²) < 4.78 is 5.47. The van der Waals surface area contributed by atoms with Gasteiger partial charge in [0.2, 0.25) is 0 Å². The lowest BCUT2D eigenvalue weighted by atomic mass is 9.78. The fourth-order valence-corrected chi connectivity index (χ4v) is 3.59. The number of rotatable bonds is 2. The highest BCUT2D eigenvalue weighted by Gasteiger charge is 2.28. The van der Waals surface area contributed by atoms with Crippen LogP contribution in [-0.2, 0) is 15.6 Å². The summed E-state index contributed by atoms with van der Waals surface area (Å²) in [5.41, 5.74) is 2.10. The summed E-state index contributed by atoms with van der Waals surface area (Å²) in [7, 11) is 0. The molecule has 1 aliphatic rings.